The van der Waals surface area contributed by atoms with Crippen LogP contribution in [0.15, 0.2) is 18.2 Å². The van der Waals surface area contributed by atoms with Gasteiger partial charge in [0.1, 0.15) is 18.2 Å². The average molecular weight is 448 g/mol. The second kappa shape index (κ2) is 12.5. The number of aryl methyl sites for hydroxylation is 1. The van der Waals surface area contributed by atoms with Crippen LogP contribution >= 0.6 is 0 Å². The molecule has 0 saturated carbocycles. The number of ether oxygens (including phenoxy) is 1. The Kier molecular flexibility index (Phi) is 10.7. The average Bonchev–Trinajstić information content (AvgIpc) is 2.71. The summed E-state index contributed by atoms with van der Waals surface area (Å²) in [5, 5.41) is 5.53. The first kappa shape index (κ1) is 27.5. The van der Waals surface area contributed by atoms with E-state index in [-0.39, 0.29) is 24.4 Å². The Balaban J connectivity index is 3.28. The zero-order chi connectivity index (χ0) is 24.5. The summed E-state index contributed by atoms with van der Waals surface area (Å²) in [4.78, 5) is 40.4. The fourth-order valence-electron chi connectivity index (χ4n) is 3.37. The largest absolute Gasteiger partial charge is 0.444 e. The van der Waals surface area contributed by atoms with Crippen molar-refractivity contribution in [1.29, 1.82) is 0 Å². The van der Waals surface area contributed by atoms with Gasteiger partial charge in [-0.3, -0.25) is 9.59 Å². The zero-order valence-corrected chi connectivity index (χ0v) is 21.0. The van der Waals surface area contributed by atoms with Gasteiger partial charge < -0.3 is 20.3 Å². The van der Waals surface area contributed by atoms with Crippen LogP contribution in [-0.4, -0.2) is 47.5 Å². The first-order valence-electron chi connectivity index (χ1n) is 11.5. The van der Waals surface area contributed by atoms with Crippen LogP contribution in [0.1, 0.15) is 83.5 Å². The molecule has 7 heteroatoms. The molecule has 32 heavy (non-hydrogen) atoms. The molecule has 1 aromatic rings. The second-order valence-electron chi connectivity index (χ2n) is 9.25. The van der Waals surface area contributed by atoms with Gasteiger partial charge in [0.05, 0.1) is 0 Å². The number of unbranched alkanes of at least 4 members (excludes halogenated alkanes) is 1. The number of alkyl carbamates (subject to hydrolysis) is 1. The molecule has 0 fully saturated rings. The van der Waals surface area contributed by atoms with E-state index in [1.807, 2.05) is 45.9 Å². The summed E-state index contributed by atoms with van der Waals surface area (Å²) < 4.78 is 5.25. The van der Waals surface area contributed by atoms with E-state index in [2.05, 4.69) is 17.6 Å². The van der Waals surface area contributed by atoms with Crippen molar-refractivity contribution in [2.24, 2.45) is 0 Å². The molecule has 0 aromatic heterocycles. The highest BCUT2D eigenvalue weighted by Gasteiger charge is 2.35. The van der Waals surface area contributed by atoms with E-state index in [1.165, 1.54) is 0 Å². The fraction of sp³-hybridized carbons (Fsp3) is 0.640. The quantitative estimate of drug-likeness (QED) is 0.520. The predicted octanol–water partition coefficient (Wildman–Crippen LogP) is 4.41. The molecule has 0 bridgehead atoms. The minimum atomic E-state index is -0.783. The van der Waals surface area contributed by atoms with Gasteiger partial charge in [-0.15, -0.1) is 0 Å². The van der Waals surface area contributed by atoms with Gasteiger partial charge in [0.15, 0.2) is 0 Å². The third-order valence-electron chi connectivity index (χ3n) is 5.43. The highest BCUT2D eigenvalue weighted by atomic mass is 16.6. The van der Waals surface area contributed by atoms with E-state index in [0.717, 1.165) is 29.5 Å². The molecule has 0 aliphatic heterocycles. The molecule has 0 aliphatic rings. The van der Waals surface area contributed by atoms with Crippen molar-refractivity contribution in [3.05, 3.63) is 34.9 Å². The van der Waals surface area contributed by atoms with Crippen LogP contribution in [0.25, 0.3) is 0 Å². The normalized spacial score (nSPS) is 13.1. The number of hydrogen-bond donors (Lipinski definition) is 2. The Hall–Kier alpha value is -2.57. The molecule has 0 saturated heterocycles. The van der Waals surface area contributed by atoms with E-state index in [4.69, 9.17) is 4.74 Å². The first-order chi connectivity index (χ1) is 14.9. The molecule has 2 atom stereocenters. The maximum atomic E-state index is 13.4. The highest BCUT2D eigenvalue weighted by molar-refractivity contribution is 5.91. The van der Waals surface area contributed by atoms with Crippen LogP contribution in [0.5, 0.6) is 0 Å². The Bertz CT molecular complexity index is 786. The van der Waals surface area contributed by atoms with Gasteiger partial charge in [-0.05, 0) is 71.1 Å². The summed E-state index contributed by atoms with van der Waals surface area (Å²) in [5.74, 6) is -0.542. The van der Waals surface area contributed by atoms with Crippen LogP contribution in [0.4, 0.5) is 4.79 Å². The van der Waals surface area contributed by atoms with Crippen molar-refractivity contribution >= 4 is 17.9 Å². The number of carbonyl (C=O) groups excluding carboxylic acids is 3. The summed E-state index contributed by atoms with van der Waals surface area (Å²) in [5.41, 5.74) is 2.16. The Morgan fingerprint density at radius 3 is 2.31 bits per heavy atom. The van der Waals surface area contributed by atoms with Crippen LogP contribution in [0.3, 0.4) is 0 Å². The highest BCUT2D eigenvalue weighted by Crippen LogP contribution is 2.29. The van der Waals surface area contributed by atoms with Gasteiger partial charge in [-0.1, -0.05) is 38.5 Å². The lowest BCUT2D eigenvalue weighted by Gasteiger charge is -2.36. The van der Waals surface area contributed by atoms with Gasteiger partial charge in [-0.25, -0.2) is 4.79 Å². The monoisotopic (exact) mass is 447 g/mol. The third-order valence-corrected chi connectivity index (χ3v) is 5.43. The minimum absolute atomic E-state index is 0.204. The van der Waals surface area contributed by atoms with Gasteiger partial charge >= 0.3 is 6.09 Å². The standard InChI is InChI=1S/C25H41N3O4/c1-9-11-15-26-23(30)22(20-14-12-13-17(3)19(20)5)28(18(4)10-2)21(29)16-27-24(31)32-25(6,7)8/h12-14,18,22H,9-11,15-16H2,1-8H3,(H,26,30)(H,27,31). The van der Waals surface area contributed by atoms with Crippen molar-refractivity contribution in [3.8, 4) is 0 Å². The van der Waals surface area contributed by atoms with Crippen molar-refractivity contribution in [1.82, 2.24) is 15.5 Å². The van der Waals surface area contributed by atoms with Gasteiger partial charge in [0, 0.05) is 12.6 Å². The number of nitrogens with one attached hydrogen (secondary N) is 2. The summed E-state index contributed by atoms with van der Waals surface area (Å²) in [6.07, 6.45) is 1.83. The summed E-state index contributed by atoms with van der Waals surface area (Å²) in [7, 11) is 0. The maximum Gasteiger partial charge on any atom is 0.408 e. The number of carbonyl (C=O) groups is 3. The summed E-state index contributed by atoms with van der Waals surface area (Å²) >= 11 is 0. The molecule has 7 nitrogen and oxygen atoms in total. The lowest BCUT2D eigenvalue weighted by atomic mass is 9.94. The van der Waals surface area contributed by atoms with E-state index in [0.29, 0.717) is 13.0 Å². The molecule has 0 spiro atoms. The number of amides is 3. The molecule has 2 unspecified atom stereocenters. The molecule has 0 radical (unpaired) electrons. The van der Waals surface area contributed by atoms with Gasteiger partial charge in [0.25, 0.3) is 0 Å². The zero-order valence-electron chi connectivity index (χ0n) is 21.0. The first-order valence-corrected chi connectivity index (χ1v) is 11.5. The maximum absolute atomic E-state index is 13.4. The molecule has 2 N–H and O–H groups in total. The molecular formula is C25H41N3O4. The molecule has 0 heterocycles. The third kappa shape index (κ3) is 8.17. The van der Waals surface area contributed by atoms with Crippen LogP contribution < -0.4 is 10.6 Å². The van der Waals surface area contributed by atoms with Crippen molar-refractivity contribution in [3.63, 3.8) is 0 Å². The Labute approximate surface area is 193 Å². The van der Waals surface area contributed by atoms with Crippen LogP contribution in [0.2, 0.25) is 0 Å². The Morgan fingerprint density at radius 1 is 1.09 bits per heavy atom. The van der Waals surface area contributed by atoms with Crippen molar-refractivity contribution in [2.45, 2.75) is 92.3 Å². The SMILES string of the molecule is CCCCNC(=O)C(c1cccc(C)c1C)N(C(=O)CNC(=O)OC(C)(C)C)C(C)CC. The van der Waals surface area contributed by atoms with Gasteiger partial charge in [-0.2, -0.15) is 0 Å². The molecule has 180 valence electrons. The van der Waals surface area contributed by atoms with E-state index in [9.17, 15) is 14.4 Å². The number of benzene rings is 1. The van der Waals surface area contributed by atoms with Gasteiger partial charge in [0.2, 0.25) is 11.8 Å². The summed E-state index contributed by atoms with van der Waals surface area (Å²) in [6.45, 7) is 15.5. The second-order valence-corrected chi connectivity index (χ2v) is 9.25. The van der Waals surface area contributed by atoms with Crippen LogP contribution in [0, 0.1) is 13.8 Å². The predicted molar refractivity (Wildman–Crippen MR) is 127 cm³/mol. The number of nitrogens with zero attached hydrogens (tertiary/aromatic N) is 1. The topological polar surface area (TPSA) is 87.7 Å². The minimum Gasteiger partial charge on any atom is -0.444 e. The van der Waals surface area contributed by atoms with E-state index in [1.54, 1.807) is 25.7 Å². The van der Waals surface area contributed by atoms with E-state index >= 15 is 0 Å². The van der Waals surface area contributed by atoms with E-state index < -0.39 is 17.7 Å². The van der Waals surface area contributed by atoms with Crippen molar-refractivity contribution < 1.29 is 19.1 Å². The molecule has 1 rings (SSSR count). The number of hydrogen-bond acceptors (Lipinski definition) is 4. The number of rotatable bonds is 10. The van der Waals surface area contributed by atoms with Crippen LogP contribution in [-0.2, 0) is 14.3 Å². The Morgan fingerprint density at radius 2 is 1.75 bits per heavy atom. The molecule has 0 aliphatic carbocycles. The fourth-order valence-corrected chi connectivity index (χ4v) is 3.37. The smallest absolute Gasteiger partial charge is 0.408 e. The molecule has 3 amide bonds. The lowest BCUT2D eigenvalue weighted by Crippen LogP contribution is -2.51. The lowest BCUT2D eigenvalue weighted by molar-refractivity contribution is -0.142. The molecule has 1 aromatic carbocycles. The van der Waals surface area contributed by atoms with Crippen molar-refractivity contribution in [2.75, 3.05) is 13.1 Å². The molecular weight excluding hydrogens is 406 g/mol. The summed E-state index contributed by atoms with van der Waals surface area (Å²) in [6, 6.07) is 4.81.